The third kappa shape index (κ3) is 2.65. The summed E-state index contributed by atoms with van der Waals surface area (Å²) < 4.78 is 38.8. The zero-order chi connectivity index (χ0) is 16.8. The SMILES string of the molecule is NC[C@]1(N)[C@H](c2ccc(F)cc2)[C@@H]1S(=O)(=O)c1ccc(Cl)cc1. The summed E-state index contributed by atoms with van der Waals surface area (Å²) in [7, 11) is -3.67. The summed E-state index contributed by atoms with van der Waals surface area (Å²) in [4.78, 5) is 0.153. The number of hydrogen-bond donors (Lipinski definition) is 2. The fourth-order valence-electron chi connectivity index (χ4n) is 3.06. The normalized spacial score (nSPS) is 27.0. The zero-order valence-electron chi connectivity index (χ0n) is 12.1. The van der Waals surface area contributed by atoms with E-state index in [0.29, 0.717) is 10.6 Å². The number of sulfone groups is 1. The van der Waals surface area contributed by atoms with Crippen molar-refractivity contribution in [3.63, 3.8) is 0 Å². The molecule has 0 heterocycles. The Morgan fingerprint density at radius 3 is 2.17 bits per heavy atom. The Labute approximate surface area is 139 Å². The van der Waals surface area contributed by atoms with E-state index in [2.05, 4.69) is 0 Å². The number of halogens is 2. The van der Waals surface area contributed by atoms with Gasteiger partial charge in [0.05, 0.1) is 15.7 Å². The minimum atomic E-state index is -3.67. The third-order valence-corrected chi connectivity index (χ3v) is 6.92. The van der Waals surface area contributed by atoms with Crippen molar-refractivity contribution >= 4 is 21.4 Å². The molecule has 4 nitrogen and oxygen atoms in total. The molecule has 0 amide bonds. The molecule has 1 fully saturated rings. The Morgan fingerprint density at radius 1 is 1.09 bits per heavy atom. The van der Waals surface area contributed by atoms with Crippen molar-refractivity contribution in [2.24, 2.45) is 11.5 Å². The largest absolute Gasteiger partial charge is 0.329 e. The van der Waals surface area contributed by atoms with E-state index in [4.69, 9.17) is 23.1 Å². The lowest BCUT2D eigenvalue weighted by molar-refractivity contribution is 0.586. The summed E-state index contributed by atoms with van der Waals surface area (Å²) in [5.41, 5.74) is 11.6. The zero-order valence-corrected chi connectivity index (χ0v) is 13.7. The lowest BCUT2D eigenvalue weighted by Crippen LogP contribution is -2.39. The second kappa shape index (κ2) is 5.56. The molecule has 0 unspecified atom stereocenters. The van der Waals surface area contributed by atoms with Gasteiger partial charge in [0.25, 0.3) is 0 Å². The first-order chi connectivity index (χ1) is 10.8. The first-order valence-electron chi connectivity index (χ1n) is 7.04. The van der Waals surface area contributed by atoms with Crippen molar-refractivity contribution in [1.29, 1.82) is 0 Å². The molecular formula is C16H16ClFN2O2S. The number of hydrogen-bond acceptors (Lipinski definition) is 4. The monoisotopic (exact) mass is 354 g/mol. The van der Waals surface area contributed by atoms with Crippen LogP contribution in [0.25, 0.3) is 0 Å². The maximum atomic E-state index is 13.1. The molecule has 0 radical (unpaired) electrons. The molecule has 0 aliphatic heterocycles. The third-order valence-electron chi connectivity index (χ3n) is 4.36. The molecule has 23 heavy (non-hydrogen) atoms. The van der Waals surface area contributed by atoms with E-state index < -0.39 is 26.5 Å². The van der Waals surface area contributed by atoms with Crippen LogP contribution in [0, 0.1) is 5.82 Å². The molecule has 1 aliphatic rings. The van der Waals surface area contributed by atoms with Crippen LogP contribution >= 0.6 is 11.6 Å². The van der Waals surface area contributed by atoms with Crippen LogP contribution in [0.2, 0.25) is 5.02 Å². The molecule has 7 heteroatoms. The van der Waals surface area contributed by atoms with Crippen LogP contribution in [0.1, 0.15) is 11.5 Å². The van der Waals surface area contributed by atoms with Crippen molar-refractivity contribution in [3.05, 3.63) is 64.9 Å². The topological polar surface area (TPSA) is 86.2 Å². The standard InChI is InChI=1S/C16H16ClFN2O2S/c17-11-3-7-13(8-4-11)23(21,22)15-14(16(15,20)9-19)10-1-5-12(18)6-2-10/h1-8,14-15H,9,19-20H2/t14-,15+,16+/m1/s1. The molecule has 1 saturated carbocycles. The van der Waals surface area contributed by atoms with Gasteiger partial charge in [-0.2, -0.15) is 0 Å². The highest BCUT2D eigenvalue weighted by atomic mass is 35.5. The average Bonchev–Trinajstić information content (AvgIpc) is 3.16. The first-order valence-corrected chi connectivity index (χ1v) is 8.97. The van der Waals surface area contributed by atoms with Gasteiger partial charge in [-0.3, -0.25) is 0 Å². The van der Waals surface area contributed by atoms with E-state index in [1.54, 1.807) is 12.1 Å². The number of nitrogens with two attached hydrogens (primary N) is 2. The van der Waals surface area contributed by atoms with Crippen LogP contribution in [-0.2, 0) is 9.84 Å². The predicted molar refractivity (Wildman–Crippen MR) is 87.5 cm³/mol. The van der Waals surface area contributed by atoms with Crippen LogP contribution in [0.4, 0.5) is 4.39 Å². The van der Waals surface area contributed by atoms with Gasteiger partial charge in [0.15, 0.2) is 9.84 Å². The lowest BCUT2D eigenvalue weighted by atomic mass is 10.1. The molecule has 0 saturated heterocycles. The lowest BCUT2D eigenvalue weighted by Gasteiger charge is -2.09. The highest BCUT2D eigenvalue weighted by Gasteiger charge is 2.68. The molecule has 3 rings (SSSR count). The van der Waals surface area contributed by atoms with Gasteiger partial charge >= 0.3 is 0 Å². The highest BCUT2D eigenvalue weighted by molar-refractivity contribution is 7.92. The molecule has 1 aliphatic carbocycles. The molecule has 2 aromatic rings. The van der Waals surface area contributed by atoms with E-state index >= 15 is 0 Å². The number of benzene rings is 2. The summed E-state index contributed by atoms with van der Waals surface area (Å²) in [5, 5.41) is -0.390. The summed E-state index contributed by atoms with van der Waals surface area (Å²) in [5.74, 6) is -0.851. The molecule has 0 spiro atoms. The Kier molecular flexibility index (Phi) is 3.96. The van der Waals surface area contributed by atoms with Crippen LogP contribution in [0.5, 0.6) is 0 Å². The van der Waals surface area contributed by atoms with Crippen LogP contribution in [0.3, 0.4) is 0 Å². The molecule has 0 bridgehead atoms. The van der Waals surface area contributed by atoms with Crippen molar-refractivity contribution in [3.8, 4) is 0 Å². The van der Waals surface area contributed by atoms with Crippen LogP contribution < -0.4 is 11.5 Å². The van der Waals surface area contributed by atoms with Gasteiger partial charge in [-0.15, -0.1) is 0 Å². The minimum absolute atomic E-state index is 0.0204. The summed E-state index contributed by atoms with van der Waals surface area (Å²) in [6.45, 7) is 0.0204. The Hall–Kier alpha value is -1.47. The van der Waals surface area contributed by atoms with Gasteiger partial charge in [-0.1, -0.05) is 23.7 Å². The maximum Gasteiger partial charge on any atom is 0.183 e. The quantitative estimate of drug-likeness (QED) is 0.880. The molecule has 2 aromatic carbocycles. The Morgan fingerprint density at radius 2 is 1.65 bits per heavy atom. The Balaban J connectivity index is 2.01. The van der Waals surface area contributed by atoms with Crippen molar-refractivity contribution in [2.75, 3.05) is 6.54 Å². The predicted octanol–water partition coefficient (Wildman–Crippen LogP) is 2.08. The van der Waals surface area contributed by atoms with Gasteiger partial charge in [0, 0.05) is 17.5 Å². The molecule has 0 aromatic heterocycles. The fraction of sp³-hybridized carbons (Fsp3) is 0.250. The number of rotatable bonds is 4. The van der Waals surface area contributed by atoms with E-state index in [1.165, 1.54) is 36.4 Å². The first kappa shape index (κ1) is 16.4. The molecule has 4 N–H and O–H groups in total. The van der Waals surface area contributed by atoms with Crippen molar-refractivity contribution in [2.45, 2.75) is 21.6 Å². The van der Waals surface area contributed by atoms with Gasteiger partial charge in [-0.05, 0) is 42.0 Å². The van der Waals surface area contributed by atoms with Gasteiger partial charge < -0.3 is 11.5 Å². The minimum Gasteiger partial charge on any atom is -0.329 e. The second-order valence-electron chi connectivity index (χ2n) is 5.77. The smallest absolute Gasteiger partial charge is 0.183 e. The van der Waals surface area contributed by atoms with Gasteiger partial charge in [0.1, 0.15) is 5.82 Å². The average molecular weight is 355 g/mol. The summed E-state index contributed by atoms with van der Waals surface area (Å²) in [6, 6.07) is 11.6. The molecular weight excluding hydrogens is 339 g/mol. The Bertz CT molecular complexity index is 824. The van der Waals surface area contributed by atoms with Gasteiger partial charge in [-0.25, -0.2) is 12.8 Å². The van der Waals surface area contributed by atoms with E-state index in [0.717, 1.165) is 0 Å². The van der Waals surface area contributed by atoms with E-state index in [-0.39, 0.29) is 17.3 Å². The molecule has 3 atom stereocenters. The van der Waals surface area contributed by atoms with Crippen molar-refractivity contribution < 1.29 is 12.8 Å². The van der Waals surface area contributed by atoms with Crippen LogP contribution in [0.15, 0.2) is 53.4 Å². The molecule has 122 valence electrons. The van der Waals surface area contributed by atoms with E-state index in [9.17, 15) is 12.8 Å². The van der Waals surface area contributed by atoms with E-state index in [1.807, 2.05) is 0 Å². The summed E-state index contributed by atoms with van der Waals surface area (Å²) >= 11 is 5.80. The second-order valence-corrected chi connectivity index (χ2v) is 8.27. The maximum absolute atomic E-state index is 13.1. The van der Waals surface area contributed by atoms with Crippen LogP contribution in [-0.4, -0.2) is 25.8 Å². The summed E-state index contributed by atoms with van der Waals surface area (Å²) in [6.07, 6.45) is 0. The van der Waals surface area contributed by atoms with Gasteiger partial charge in [0.2, 0.25) is 0 Å². The van der Waals surface area contributed by atoms with Crippen molar-refractivity contribution in [1.82, 2.24) is 0 Å². The fourth-order valence-corrected chi connectivity index (χ4v) is 5.51. The highest BCUT2D eigenvalue weighted by Crippen LogP contribution is 2.55.